The van der Waals surface area contributed by atoms with Crippen LogP contribution in [0, 0.1) is 13.8 Å². The fourth-order valence-corrected chi connectivity index (χ4v) is 4.55. The van der Waals surface area contributed by atoms with Crippen LogP contribution in [0.4, 0.5) is 0 Å². The number of benzene rings is 1. The summed E-state index contributed by atoms with van der Waals surface area (Å²) in [6.07, 6.45) is 8.37. The minimum Gasteiger partial charge on any atom is -0.354 e. The molecule has 32 heavy (non-hydrogen) atoms. The molecule has 0 saturated carbocycles. The molecular weight excluding hydrogens is 402 g/mol. The predicted molar refractivity (Wildman–Crippen MR) is 126 cm³/mol. The van der Waals surface area contributed by atoms with E-state index in [1.54, 1.807) is 4.68 Å². The van der Waals surface area contributed by atoms with Gasteiger partial charge in [-0.15, -0.1) is 0 Å². The second-order valence-corrected chi connectivity index (χ2v) is 8.46. The first-order chi connectivity index (χ1) is 15.5. The Morgan fingerprint density at radius 1 is 1.16 bits per heavy atom. The van der Waals surface area contributed by atoms with E-state index in [-0.39, 0.29) is 11.5 Å². The Balaban J connectivity index is 1.62. The lowest BCUT2D eigenvalue weighted by atomic mass is 9.97. The number of aromatic nitrogens is 4. The molecule has 1 atom stereocenters. The highest BCUT2D eigenvalue weighted by atomic mass is 16.2. The van der Waals surface area contributed by atoms with Gasteiger partial charge in [-0.05, 0) is 64.5 Å². The van der Waals surface area contributed by atoms with Crippen molar-refractivity contribution < 1.29 is 4.79 Å². The van der Waals surface area contributed by atoms with Gasteiger partial charge in [-0.2, -0.15) is 10.2 Å². The van der Waals surface area contributed by atoms with Crippen molar-refractivity contribution in [2.24, 2.45) is 0 Å². The standard InChI is InChI=1S/C25H31N5O2/c1-4-21(24(31)26-16-15-19-11-7-5-8-12-19)30-25(32)23-22(17(2)27-30)18(3)29(28-23)20-13-9-6-10-14-20/h6,9-11,13-14,21H,4-5,7-8,12,15-16H2,1-3H3,(H,26,31)/t21-/m0/s1. The van der Waals surface area contributed by atoms with Crippen LogP contribution in [0.5, 0.6) is 0 Å². The van der Waals surface area contributed by atoms with Crippen LogP contribution in [0.1, 0.15) is 62.9 Å². The Morgan fingerprint density at radius 2 is 1.94 bits per heavy atom. The minimum atomic E-state index is -0.659. The van der Waals surface area contributed by atoms with E-state index in [1.807, 2.05) is 51.1 Å². The third kappa shape index (κ3) is 4.24. The number of allylic oxidation sites excluding steroid dienone is 1. The Bertz CT molecular complexity index is 1210. The molecule has 1 aliphatic rings. The van der Waals surface area contributed by atoms with Crippen molar-refractivity contribution >= 4 is 16.8 Å². The van der Waals surface area contributed by atoms with Gasteiger partial charge in [-0.1, -0.05) is 36.8 Å². The molecule has 0 saturated heterocycles. The van der Waals surface area contributed by atoms with E-state index < -0.39 is 6.04 Å². The lowest BCUT2D eigenvalue weighted by Crippen LogP contribution is -2.39. The molecule has 0 bridgehead atoms. The van der Waals surface area contributed by atoms with Crippen molar-refractivity contribution in [3.63, 3.8) is 0 Å². The average molecular weight is 434 g/mol. The Kier molecular flexibility index (Phi) is 6.53. The molecule has 1 aromatic carbocycles. The summed E-state index contributed by atoms with van der Waals surface area (Å²) in [6, 6.07) is 9.05. The quantitative estimate of drug-likeness (QED) is 0.568. The first-order valence-electron chi connectivity index (χ1n) is 11.5. The van der Waals surface area contributed by atoms with Crippen LogP contribution in [-0.4, -0.2) is 32.0 Å². The SMILES string of the molecule is CC[C@@H](C(=O)NCCC1=CCCCC1)n1nc(C)c2c(C)n(-c3ccccc3)nc2c1=O. The van der Waals surface area contributed by atoms with Gasteiger partial charge < -0.3 is 5.32 Å². The van der Waals surface area contributed by atoms with Crippen LogP contribution >= 0.6 is 0 Å². The molecule has 2 aromatic heterocycles. The van der Waals surface area contributed by atoms with Crippen LogP contribution in [-0.2, 0) is 4.79 Å². The lowest BCUT2D eigenvalue weighted by molar-refractivity contribution is -0.124. The molecule has 3 aromatic rings. The maximum atomic E-state index is 13.3. The van der Waals surface area contributed by atoms with Gasteiger partial charge in [0, 0.05) is 6.54 Å². The van der Waals surface area contributed by atoms with Crippen LogP contribution < -0.4 is 10.9 Å². The second-order valence-electron chi connectivity index (χ2n) is 8.46. The zero-order valence-electron chi connectivity index (χ0n) is 19.1. The number of hydrogen-bond acceptors (Lipinski definition) is 4. The number of nitrogens with zero attached hydrogens (tertiary/aromatic N) is 4. The summed E-state index contributed by atoms with van der Waals surface area (Å²) < 4.78 is 3.08. The third-order valence-electron chi connectivity index (χ3n) is 6.26. The second kappa shape index (κ2) is 9.51. The zero-order chi connectivity index (χ0) is 22.7. The van der Waals surface area contributed by atoms with Crippen LogP contribution in [0.15, 0.2) is 46.8 Å². The zero-order valence-corrected chi connectivity index (χ0v) is 19.1. The lowest BCUT2D eigenvalue weighted by Gasteiger charge is -2.18. The number of nitrogens with one attached hydrogen (secondary N) is 1. The molecule has 0 unspecified atom stereocenters. The van der Waals surface area contributed by atoms with Crippen molar-refractivity contribution in [2.45, 2.75) is 65.3 Å². The molecule has 7 nitrogen and oxygen atoms in total. The number of para-hydroxylation sites is 1. The highest BCUT2D eigenvalue weighted by molar-refractivity contribution is 5.84. The Morgan fingerprint density at radius 3 is 2.62 bits per heavy atom. The highest BCUT2D eigenvalue weighted by Crippen LogP contribution is 2.22. The van der Waals surface area contributed by atoms with E-state index >= 15 is 0 Å². The highest BCUT2D eigenvalue weighted by Gasteiger charge is 2.25. The summed E-state index contributed by atoms with van der Waals surface area (Å²) >= 11 is 0. The number of rotatable bonds is 7. The number of aryl methyl sites for hydroxylation is 2. The Labute approximate surface area is 188 Å². The first-order valence-corrected chi connectivity index (χ1v) is 11.5. The van der Waals surface area contributed by atoms with Crippen molar-refractivity contribution in [3.8, 4) is 5.69 Å². The number of fused-ring (bicyclic) bond motifs is 1. The summed E-state index contributed by atoms with van der Waals surface area (Å²) in [5.74, 6) is -0.170. The summed E-state index contributed by atoms with van der Waals surface area (Å²) in [5, 5.41) is 12.9. The smallest absolute Gasteiger partial charge is 0.295 e. The Hall–Kier alpha value is -3.22. The van der Waals surface area contributed by atoms with E-state index in [0.717, 1.165) is 36.0 Å². The van der Waals surface area contributed by atoms with E-state index in [4.69, 9.17) is 0 Å². The molecule has 1 N–H and O–H groups in total. The van der Waals surface area contributed by atoms with E-state index in [9.17, 15) is 9.59 Å². The van der Waals surface area contributed by atoms with Gasteiger partial charge in [0.2, 0.25) is 5.91 Å². The molecule has 1 aliphatic carbocycles. The summed E-state index contributed by atoms with van der Waals surface area (Å²) in [5.41, 5.74) is 3.86. The largest absolute Gasteiger partial charge is 0.354 e. The van der Waals surface area contributed by atoms with Gasteiger partial charge in [0.15, 0.2) is 5.52 Å². The summed E-state index contributed by atoms with van der Waals surface area (Å²) in [6.45, 7) is 6.28. The topological polar surface area (TPSA) is 81.8 Å². The fourth-order valence-electron chi connectivity index (χ4n) is 4.55. The number of hydrogen-bond donors (Lipinski definition) is 1. The third-order valence-corrected chi connectivity index (χ3v) is 6.26. The van der Waals surface area contributed by atoms with Crippen LogP contribution in [0.2, 0.25) is 0 Å². The van der Waals surface area contributed by atoms with Crippen molar-refractivity contribution in [1.29, 1.82) is 0 Å². The molecule has 1 amide bonds. The van der Waals surface area contributed by atoms with Crippen LogP contribution in [0.3, 0.4) is 0 Å². The average Bonchev–Trinajstić information content (AvgIpc) is 3.17. The van der Waals surface area contributed by atoms with Gasteiger partial charge >= 0.3 is 0 Å². The van der Waals surface area contributed by atoms with Gasteiger partial charge in [-0.25, -0.2) is 9.36 Å². The molecule has 0 spiro atoms. The summed E-state index contributed by atoms with van der Waals surface area (Å²) in [4.78, 5) is 26.3. The molecule has 0 fully saturated rings. The maximum absolute atomic E-state index is 13.3. The first kappa shape index (κ1) is 22.0. The van der Waals surface area contributed by atoms with Crippen molar-refractivity contribution in [2.75, 3.05) is 6.54 Å². The maximum Gasteiger partial charge on any atom is 0.295 e. The molecular formula is C25H31N5O2. The molecule has 168 valence electrons. The number of carbonyl (C=O) groups is 1. The predicted octanol–water partition coefficient (Wildman–Crippen LogP) is 4.16. The molecule has 2 heterocycles. The number of amides is 1. The van der Waals surface area contributed by atoms with Gasteiger partial charge in [0.25, 0.3) is 5.56 Å². The van der Waals surface area contributed by atoms with Crippen molar-refractivity contribution in [3.05, 3.63) is 63.7 Å². The number of carbonyl (C=O) groups excluding carboxylic acids is 1. The summed E-state index contributed by atoms with van der Waals surface area (Å²) in [7, 11) is 0. The normalized spacial score (nSPS) is 14.9. The van der Waals surface area contributed by atoms with E-state index in [2.05, 4.69) is 21.6 Å². The van der Waals surface area contributed by atoms with Gasteiger partial charge in [0.05, 0.1) is 22.5 Å². The molecule has 4 rings (SSSR count). The van der Waals surface area contributed by atoms with E-state index in [0.29, 0.717) is 24.2 Å². The van der Waals surface area contributed by atoms with Gasteiger partial charge in [0.1, 0.15) is 6.04 Å². The van der Waals surface area contributed by atoms with Gasteiger partial charge in [-0.3, -0.25) is 9.59 Å². The molecule has 0 aliphatic heterocycles. The molecule has 7 heteroatoms. The van der Waals surface area contributed by atoms with Crippen LogP contribution in [0.25, 0.3) is 16.6 Å². The fraction of sp³-hybridized carbons (Fsp3) is 0.440. The molecule has 0 radical (unpaired) electrons. The van der Waals surface area contributed by atoms with Crippen molar-refractivity contribution in [1.82, 2.24) is 24.9 Å². The monoisotopic (exact) mass is 433 g/mol. The minimum absolute atomic E-state index is 0.170. The van der Waals surface area contributed by atoms with E-state index in [1.165, 1.54) is 23.1 Å².